The summed E-state index contributed by atoms with van der Waals surface area (Å²) < 4.78 is 7.04. The van der Waals surface area contributed by atoms with E-state index in [9.17, 15) is 0 Å². The predicted molar refractivity (Wildman–Crippen MR) is 106 cm³/mol. The maximum absolute atomic E-state index is 5.39. The highest BCUT2D eigenvalue weighted by Gasteiger charge is 2.26. The van der Waals surface area contributed by atoms with Crippen LogP contribution in [0.1, 0.15) is 18.9 Å². The lowest BCUT2D eigenvalue weighted by atomic mass is 9.88. The molecule has 7 heteroatoms. The molecule has 3 aliphatic rings. The van der Waals surface area contributed by atoms with E-state index in [1.165, 1.54) is 5.57 Å². The summed E-state index contributed by atoms with van der Waals surface area (Å²) in [5.74, 6) is 3.98. The SMILES string of the molecule is CC#Cn1cc(C2=CN=C3C(=NCCN4CCOCC4)NC=CC3C2)cn1. The molecule has 0 aromatic carbocycles. The molecule has 0 radical (unpaired) electrons. The molecule has 140 valence electrons. The number of amidine groups is 1. The average Bonchev–Trinajstić information content (AvgIpc) is 3.17. The van der Waals surface area contributed by atoms with E-state index >= 15 is 0 Å². The first kappa shape index (κ1) is 17.7. The number of aliphatic imine (C=N–C) groups is 2. The minimum absolute atomic E-state index is 0.244. The topological polar surface area (TPSA) is 67.0 Å². The molecule has 3 aliphatic heterocycles. The van der Waals surface area contributed by atoms with Gasteiger partial charge in [-0.15, -0.1) is 0 Å². The van der Waals surface area contributed by atoms with Crippen molar-refractivity contribution in [2.75, 3.05) is 39.4 Å². The number of ether oxygens (including phenoxy) is 1. The van der Waals surface area contributed by atoms with E-state index in [0.29, 0.717) is 0 Å². The van der Waals surface area contributed by atoms with Crippen LogP contribution >= 0.6 is 0 Å². The predicted octanol–water partition coefficient (Wildman–Crippen LogP) is 1.36. The van der Waals surface area contributed by atoms with Crippen molar-refractivity contribution in [1.82, 2.24) is 20.0 Å². The number of nitrogens with zero attached hydrogens (tertiary/aromatic N) is 5. The number of morpholine rings is 1. The van der Waals surface area contributed by atoms with Crippen LogP contribution in [-0.4, -0.2) is 65.6 Å². The Morgan fingerprint density at radius 1 is 1.37 bits per heavy atom. The van der Waals surface area contributed by atoms with Gasteiger partial charge in [-0.2, -0.15) is 9.78 Å². The molecular weight excluding hydrogens is 340 g/mol. The van der Waals surface area contributed by atoms with E-state index < -0.39 is 0 Å². The summed E-state index contributed by atoms with van der Waals surface area (Å²) in [7, 11) is 0. The van der Waals surface area contributed by atoms with Gasteiger partial charge in [0.25, 0.3) is 0 Å². The molecule has 1 aromatic rings. The molecule has 1 N–H and O–H groups in total. The van der Waals surface area contributed by atoms with Crippen molar-refractivity contribution in [2.45, 2.75) is 13.3 Å². The van der Waals surface area contributed by atoms with Gasteiger partial charge in [0.15, 0.2) is 0 Å². The minimum Gasteiger partial charge on any atom is -0.379 e. The Bertz CT molecular complexity index is 861. The summed E-state index contributed by atoms with van der Waals surface area (Å²) in [6.07, 6.45) is 10.8. The van der Waals surface area contributed by atoms with Gasteiger partial charge in [0.05, 0.1) is 31.7 Å². The largest absolute Gasteiger partial charge is 0.379 e. The Morgan fingerprint density at radius 3 is 3.11 bits per heavy atom. The Kier molecular flexibility index (Phi) is 5.47. The average molecular weight is 364 g/mol. The lowest BCUT2D eigenvalue weighted by Gasteiger charge is -2.27. The van der Waals surface area contributed by atoms with Crippen LogP contribution in [-0.2, 0) is 4.74 Å². The van der Waals surface area contributed by atoms with Crippen LogP contribution < -0.4 is 5.32 Å². The van der Waals surface area contributed by atoms with Crippen LogP contribution in [0.4, 0.5) is 0 Å². The fourth-order valence-corrected chi connectivity index (χ4v) is 3.45. The third-order valence-corrected chi connectivity index (χ3v) is 4.91. The maximum Gasteiger partial charge on any atom is 0.147 e. The lowest BCUT2D eigenvalue weighted by Crippen LogP contribution is -2.40. The summed E-state index contributed by atoms with van der Waals surface area (Å²) >= 11 is 0. The van der Waals surface area contributed by atoms with Crippen molar-refractivity contribution in [3.05, 3.63) is 36.4 Å². The van der Waals surface area contributed by atoms with Crippen molar-refractivity contribution < 1.29 is 4.74 Å². The number of hydrogen-bond acceptors (Lipinski definition) is 5. The Labute approximate surface area is 159 Å². The first-order valence-electron chi connectivity index (χ1n) is 9.36. The molecule has 4 heterocycles. The smallest absolute Gasteiger partial charge is 0.147 e. The number of allylic oxidation sites excluding steroid dienone is 2. The van der Waals surface area contributed by atoms with Gasteiger partial charge in [-0.1, -0.05) is 12.0 Å². The summed E-state index contributed by atoms with van der Waals surface area (Å²) in [4.78, 5) is 11.9. The second-order valence-corrected chi connectivity index (χ2v) is 6.70. The highest BCUT2D eigenvalue weighted by Crippen LogP contribution is 2.29. The molecule has 0 spiro atoms. The van der Waals surface area contributed by atoms with Crippen LogP contribution in [0.3, 0.4) is 0 Å². The molecule has 1 fully saturated rings. The van der Waals surface area contributed by atoms with Crippen LogP contribution in [0.25, 0.3) is 5.57 Å². The number of aromatic nitrogens is 2. The van der Waals surface area contributed by atoms with E-state index in [0.717, 1.165) is 62.9 Å². The number of hydrogen-bond donors (Lipinski definition) is 1. The molecule has 0 amide bonds. The lowest BCUT2D eigenvalue weighted by molar-refractivity contribution is 0.0394. The molecule has 0 bridgehead atoms. The third-order valence-electron chi connectivity index (χ3n) is 4.91. The quantitative estimate of drug-likeness (QED) is 0.820. The first-order chi connectivity index (χ1) is 13.3. The molecule has 7 nitrogen and oxygen atoms in total. The molecule has 0 saturated carbocycles. The van der Waals surface area contributed by atoms with Crippen molar-refractivity contribution in [3.63, 3.8) is 0 Å². The minimum atomic E-state index is 0.244. The molecule has 27 heavy (non-hydrogen) atoms. The molecule has 0 aliphatic carbocycles. The molecule has 4 rings (SSSR count). The summed E-state index contributed by atoms with van der Waals surface area (Å²) in [5, 5.41) is 7.53. The van der Waals surface area contributed by atoms with Crippen molar-refractivity contribution in [1.29, 1.82) is 0 Å². The van der Waals surface area contributed by atoms with Crippen LogP contribution in [0.5, 0.6) is 0 Å². The molecule has 1 unspecified atom stereocenters. The standard InChI is InChI=1S/C20H24N6O/c1-2-6-26-15-18(14-24-26)17-12-16-3-4-21-20(19(16)23-13-17)22-5-7-25-8-10-27-11-9-25/h3-4,13-16H,5,7-12H2,1H3,(H,21,22). The van der Waals surface area contributed by atoms with Gasteiger partial charge < -0.3 is 10.1 Å². The second kappa shape index (κ2) is 8.33. The fraction of sp³-hybridized carbons (Fsp3) is 0.450. The Hall–Kier alpha value is -2.69. The third kappa shape index (κ3) is 4.18. The highest BCUT2D eigenvalue weighted by molar-refractivity contribution is 6.44. The summed E-state index contributed by atoms with van der Waals surface area (Å²) in [5.41, 5.74) is 3.26. The van der Waals surface area contributed by atoms with Crippen molar-refractivity contribution in [3.8, 4) is 12.0 Å². The van der Waals surface area contributed by atoms with Gasteiger partial charge in [0, 0.05) is 49.6 Å². The Morgan fingerprint density at radius 2 is 2.26 bits per heavy atom. The van der Waals surface area contributed by atoms with Gasteiger partial charge in [-0.25, -0.2) is 0 Å². The molecule has 1 atom stereocenters. The van der Waals surface area contributed by atoms with Gasteiger partial charge in [-0.3, -0.25) is 14.9 Å². The maximum atomic E-state index is 5.39. The van der Waals surface area contributed by atoms with Crippen LogP contribution in [0.15, 0.2) is 40.9 Å². The fourth-order valence-electron chi connectivity index (χ4n) is 3.45. The number of nitrogens with one attached hydrogen (secondary N) is 1. The van der Waals surface area contributed by atoms with E-state index in [2.05, 4.69) is 33.4 Å². The van der Waals surface area contributed by atoms with Crippen molar-refractivity contribution >= 4 is 17.1 Å². The van der Waals surface area contributed by atoms with E-state index in [1.54, 1.807) is 11.6 Å². The van der Waals surface area contributed by atoms with E-state index in [4.69, 9.17) is 14.7 Å². The van der Waals surface area contributed by atoms with E-state index in [1.807, 2.05) is 24.8 Å². The van der Waals surface area contributed by atoms with Gasteiger partial charge in [0.1, 0.15) is 5.84 Å². The monoisotopic (exact) mass is 364 g/mol. The number of fused-ring (bicyclic) bond motifs is 1. The second-order valence-electron chi connectivity index (χ2n) is 6.70. The van der Waals surface area contributed by atoms with Crippen molar-refractivity contribution in [2.24, 2.45) is 15.9 Å². The van der Waals surface area contributed by atoms with E-state index in [-0.39, 0.29) is 5.92 Å². The number of rotatable bonds is 4. The highest BCUT2D eigenvalue weighted by atomic mass is 16.5. The summed E-state index contributed by atoms with van der Waals surface area (Å²) in [6, 6.07) is 2.92. The Balaban J connectivity index is 1.45. The van der Waals surface area contributed by atoms with Gasteiger partial charge >= 0.3 is 0 Å². The molecule has 1 saturated heterocycles. The van der Waals surface area contributed by atoms with Crippen LogP contribution in [0, 0.1) is 17.9 Å². The zero-order chi connectivity index (χ0) is 18.5. The van der Waals surface area contributed by atoms with Gasteiger partial charge in [-0.05, 0) is 25.1 Å². The van der Waals surface area contributed by atoms with Gasteiger partial charge in [0.2, 0.25) is 0 Å². The zero-order valence-corrected chi connectivity index (χ0v) is 15.6. The normalized spacial score (nSPS) is 23.7. The zero-order valence-electron chi connectivity index (χ0n) is 15.6. The molecule has 1 aromatic heterocycles. The molecular formula is C20H24N6O. The summed E-state index contributed by atoms with van der Waals surface area (Å²) in [6.45, 7) is 7.14. The van der Waals surface area contributed by atoms with Crippen LogP contribution in [0.2, 0.25) is 0 Å². The first-order valence-corrected chi connectivity index (χ1v) is 9.36.